The van der Waals surface area contributed by atoms with Crippen LogP contribution in [0, 0.1) is 0 Å². The highest BCUT2D eigenvalue weighted by atomic mass is 16.5. The van der Waals surface area contributed by atoms with E-state index in [0.717, 1.165) is 30.8 Å². The number of aliphatic imine (C=N–C) groups is 1. The van der Waals surface area contributed by atoms with E-state index in [2.05, 4.69) is 35.2 Å². The van der Waals surface area contributed by atoms with Gasteiger partial charge in [0.15, 0.2) is 5.84 Å². The van der Waals surface area contributed by atoms with Gasteiger partial charge in [0.25, 0.3) is 0 Å². The van der Waals surface area contributed by atoms with Gasteiger partial charge in [0, 0.05) is 19.5 Å². The predicted octanol–water partition coefficient (Wildman–Crippen LogP) is 2.76. The van der Waals surface area contributed by atoms with E-state index in [9.17, 15) is 4.79 Å². The summed E-state index contributed by atoms with van der Waals surface area (Å²) in [6.07, 6.45) is 1.27. The number of benzene rings is 2. The molecule has 24 heavy (non-hydrogen) atoms. The van der Waals surface area contributed by atoms with Crippen LogP contribution < -0.4 is 0 Å². The van der Waals surface area contributed by atoms with E-state index >= 15 is 0 Å². The molecule has 4 rings (SSSR count). The average Bonchev–Trinajstić information content (AvgIpc) is 2.63. The normalized spacial score (nSPS) is 17.4. The van der Waals surface area contributed by atoms with Crippen molar-refractivity contribution < 1.29 is 9.53 Å². The minimum Gasteiger partial charge on any atom is -0.378 e. The summed E-state index contributed by atoms with van der Waals surface area (Å²) in [7, 11) is 0. The molecule has 1 fully saturated rings. The monoisotopic (exact) mass is 320 g/mol. The van der Waals surface area contributed by atoms with Gasteiger partial charge in [-0.25, -0.2) is 4.99 Å². The van der Waals surface area contributed by atoms with Gasteiger partial charge in [-0.15, -0.1) is 0 Å². The van der Waals surface area contributed by atoms with Crippen LogP contribution >= 0.6 is 0 Å². The van der Waals surface area contributed by atoms with Crippen molar-refractivity contribution in [2.45, 2.75) is 12.8 Å². The zero-order chi connectivity index (χ0) is 16.4. The number of amidine groups is 1. The lowest BCUT2D eigenvalue weighted by Gasteiger charge is -2.31. The van der Waals surface area contributed by atoms with E-state index in [0.29, 0.717) is 25.5 Å². The second kappa shape index (κ2) is 6.57. The number of morpholine rings is 1. The summed E-state index contributed by atoms with van der Waals surface area (Å²) in [6.45, 7) is 2.79. The lowest BCUT2D eigenvalue weighted by atomic mass is 9.95. The first-order chi connectivity index (χ1) is 11.8. The molecular weight excluding hydrogens is 300 g/mol. The summed E-state index contributed by atoms with van der Waals surface area (Å²) < 4.78 is 5.39. The molecule has 2 aromatic rings. The number of para-hydroxylation sites is 1. The van der Waals surface area contributed by atoms with Crippen molar-refractivity contribution in [3.8, 4) is 0 Å². The maximum absolute atomic E-state index is 12.5. The van der Waals surface area contributed by atoms with E-state index in [4.69, 9.17) is 9.73 Å². The molecule has 1 saturated heterocycles. The van der Waals surface area contributed by atoms with Crippen LogP contribution in [0.15, 0.2) is 53.5 Å². The highest BCUT2D eigenvalue weighted by Gasteiger charge is 2.27. The minimum absolute atomic E-state index is 0.112. The summed E-state index contributed by atoms with van der Waals surface area (Å²) in [5.74, 6) is 0.715. The summed E-state index contributed by atoms with van der Waals surface area (Å²) in [4.78, 5) is 19.4. The average molecular weight is 320 g/mol. The number of carbonyl (C=O) groups is 1. The number of carbonyl (C=O) groups excluding carboxylic acids is 1. The molecule has 4 heteroatoms. The Morgan fingerprint density at radius 3 is 2.58 bits per heavy atom. The molecule has 0 saturated carbocycles. The van der Waals surface area contributed by atoms with Crippen molar-refractivity contribution in [2.24, 2.45) is 4.99 Å². The lowest BCUT2D eigenvalue weighted by molar-refractivity contribution is -0.113. The number of rotatable bonds is 2. The van der Waals surface area contributed by atoms with Crippen LogP contribution in [0.2, 0.25) is 0 Å². The SMILES string of the molecule is O=C1Cc2cccc(Cc3ccccc3)c2N=C1N1CCOCC1. The highest BCUT2D eigenvalue weighted by Crippen LogP contribution is 2.31. The topological polar surface area (TPSA) is 41.9 Å². The fraction of sp³-hybridized carbons (Fsp3) is 0.300. The molecule has 0 amide bonds. The molecule has 2 heterocycles. The smallest absolute Gasteiger partial charge is 0.202 e. The van der Waals surface area contributed by atoms with Crippen molar-refractivity contribution in [3.63, 3.8) is 0 Å². The quantitative estimate of drug-likeness (QED) is 0.854. The zero-order valence-corrected chi connectivity index (χ0v) is 13.6. The number of hydrogen-bond donors (Lipinski definition) is 0. The Morgan fingerprint density at radius 2 is 1.79 bits per heavy atom. The Bertz CT molecular complexity index is 777. The molecule has 0 aromatic heterocycles. The van der Waals surface area contributed by atoms with Crippen molar-refractivity contribution in [3.05, 3.63) is 65.2 Å². The van der Waals surface area contributed by atoms with Crippen molar-refractivity contribution in [1.82, 2.24) is 4.90 Å². The van der Waals surface area contributed by atoms with E-state index < -0.39 is 0 Å². The van der Waals surface area contributed by atoms with Gasteiger partial charge in [-0.2, -0.15) is 0 Å². The summed E-state index contributed by atoms with van der Waals surface area (Å²) in [5, 5.41) is 0. The van der Waals surface area contributed by atoms with Crippen molar-refractivity contribution >= 4 is 17.3 Å². The van der Waals surface area contributed by atoms with Crippen molar-refractivity contribution in [1.29, 1.82) is 0 Å². The van der Waals surface area contributed by atoms with Gasteiger partial charge in [0.2, 0.25) is 5.78 Å². The first-order valence-corrected chi connectivity index (χ1v) is 8.40. The van der Waals surface area contributed by atoms with Crippen LogP contribution in [0.1, 0.15) is 16.7 Å². The molecule has 2 aliphatic rings. The van der Waals surface area contributed by atoms with Crippen LogP contribution in [0.3, 0.4) is 0 Å². The second-order valence-electron chi connectivity index (χ2n) is 6.22. The Kier molecular flexibility index (Phi) is 4.13. The highest BCUT2D eigenvalue weighted by molar-refractivity contribution is 6.40. The molecule has 0 atom stereocenters. The molecule has 122 valence electrons. The third-order valence-corrected chi connectivity index (χ3v) is 4.57. The number of fused-ring (bicyclic) bond motifs is 1. The first-order valence-electron chi connectivity index (χ1n) is 8.40. The number of hydrogen-bond acceptors (Lipinski definition) is 4. The first kappa shape index (κ1) is 15.1. The van der Waals surface area contributed by atoms with Crippen LogP contribution in [-0.4, -0.2) is 42.8 Å². The van der Waals surface area contributed by atoms with E-state index in [1.165, 1.54) is 11.1 Å². The van der Waals surface area contributed by atoms with Gasteiger partial charge < -0.3 is 9.64 Å². The molecule has 0 bridgehead atoms. The molecule has 0 N–H and O–H groups in total. The van der Waals surface area contributed by atoms with Gasteiger partial charge in [-0.3, -0.25) is 4.79 Å². The Morgan fingerprint density at radius 1 is 1.00 bits per heavy atom. The standard InChI is InChI=1S/C20H20N2O2/c23-18-14-17-8-4-7-16(13-15-5-2-1-3-6-15)19(17)21-20(18)22-9-11-24-12-10-22/h1-8H,9-14H2. The molecule has 4 nitrogen and oxygen atoms in total. The summed E-state index contributed by atoms with van der Waals surface area (Å²) in [6, 6.07) is 16.5. The maximum Gasteiger partial charge on any atom is 0.202 e. The van der Waals surface area contributed by atoms with E-state index in [1.54, 1.807) is 0 Å². The fourth-order valence-electron chi connectivity index (χ4n) is 3.33. The van der Waals surface area contributed by atoms with Crippen molar-refractivity contribution in [2.75, 3.05) is 26.3 Å². The van der Waals surface area contributed by atoms with Gasteiger partial charge >= 0.3 is 0 Å². The largest absolute Gasteiger partial charge is 0.378 e. The van der Waals surface area contributed by atoms with Gasteiger partial charge in [0.05, 0.1) is 18.9 Å². The Labute approximate surface area is 141 Å². The van der Waals surface area contributed by atoms with Crippen LogP contribution in [0.5, 0.6) is 0 Å². The van der Waals surface area contributed by atoms with Gasteiger partial charge in [-0.05, 0) is 23.1 Å². The van der Waals surface area contributed by atoms with Gasteiger partial charge in [0.1, 0.15) is 0 Å². The van der Waals surface area contributed by atoms with E-state index in [-0.39, 0.29) is 5.78 Å². The molecule has 0 radical (unpaired) electrons. The number of Topliss-reactive ketones (excluding diaryl/α,β-unsaturated/α-hetero) is 1. The lowest BCUT2D eigenvalue weighted by Crippen LogP contribution is -2.45. The minimum atomic E-state index is 0.112. The summed E-state index contributed by atoms with van der Waals surface area (Å²) in [5.41, 5.74) is 4.44. The molecule has 2 aliphatic heterocycles. The number of ether oxygens (including phenoxy) is 1. The van der Waals surface area contributed by atoms with Gasteiger partial charge in [-0.1, -0.05) is 48.5 Å². The predicted molar refractivity (Wildman–Crippen MR) is 93.9 cm³/mol. The number of nitrogens with zero attached hydrogens (tertiary/aromatic N) is 2. The van der Waals surface area contributed by atoms with Crippen LogP contribution in [0.4, 0.5) is 5.69 Å². The molecule has 0 spiro atoms. The van der Waals surface area contributed by atoms with Crippen LogP contribution in [0.25, 0.3) is 0 Å². The third-order valence-electron chi connectivity index (χ3n) is 4.57. The van der Waals surface area contributed by atoms with E-state index in [1.807, 2.05) is 18.2 Å². The Hall–Kier alpha value is -2.46. The third kappa shape index (κ3) is 2.97. The second-order valence-corrected chi connectivity index (χ2v) is 6.22. The Balaban J connectivity index is 1.70. The van der Waals surface area contributed by atoms with Crippen LogP contribution in [-0.2, 0) is 22.4 Å². The molecule has 0 aliphatic carbocycles. The summed E-state index contributed by atoms with van der Waals surface area (Å²) >= 11 is 0. The fourth-order valence-corrected chi connectivity index (χ4v) is 3.33. The molecule has 2 aromatic carbocycles. The zero-order valence-electron chi connectivity index (χ0n) is 13.6. The maximum atomic E-state index is 12.5. The number of ketones is 1. The molecule has 0 unspecified atom stereocenters. The molecular formula is C20H20N2O2.